The van der Waals surface area contributed by atoms with Gasteiger partial charge >= 0.3 is 11.9 Å². The number of alkyl halides is 3. The number of halogens is 3. The second-order valence-corrected chi connectivity index (χ2v) is 8.38. The average molecular weight is 491 g/mol. The van der Waals surface area contributed by atoms with Gasteiger partial charge in [0.15, 0.2) is 5.65 Å². The first-order valence-corrected chi connectivity index (χ1v) is 11.0. The van der Waals surface area contributed by atoms with E-state index >= 15 is 0 Å². The molecule has 0 aliphatic rings. The first-order chi connectivity index (χ1) is 17.2. The van der Waals surface area contributed by atoms with E-state index in [1.165, 1.54) is 6.07 Å². The SMILES string of the molecule is Cc1ccc(-c2cnn3c(=O)n(Cc4ccc(C(F)(F)F)nc4)nc3c2-c2cccc(CO)c2)cc1. The van der Waals surface area contributed by atoms with E-state index in [0.29, 0.717) is 16.7 Å². The van der Waals surface area contributed by atoms with E-state index in [0.717, 1.165) is 43.7 Å². The standard InChI is InChI=1S/C26H20F3N5O2/c1-16-5-8-19(9-6-16)21-13-31-34-24(23(21)20-4-2-3-17(11-20)15-35)32-33(25(34)36)14-18-7-10-22(30-12-18)26(27,28)29/h2-13,35H,14-15H2,1H3. The maximum absolute atomic E-state index is 13.1. The topological polar surface area (TPSA) is 85.3 Å². The Kier molecular flexibility index (Phi) is 5.89. The summed E-state index contributed by atoms with van der Waals surface area (Å²) in [5.41, 5.74) is 3.88. The van der Waals surface area contributed by atoms with Crippen LogP contribution >= 0.6 is 0 Å². The van der Waals surface area contributed by atoms with Crippen LogP contribution in [0.4, 0.5) is 13.2 Å². The molecular formula is C26H20F3N5O2. The summed E-state index contributed by atoms with van der Waals surface area (Å²) < 4.78 is 40.9. The van der Waals surface area contributed by atoms with Crippen LogP contribution < -0.4 is 5.69 Å². The molecule has 0 spiro atoms. The fourth-order valence-corrected chi connectivity index (χ4v) is 3.98. The summed E-state index contributed by atoms with van der Waals surface area (Å²) in [5.74, 6) is 0. The molecule has 182 valence electrons. The molecule has 3 heterocycles. The highest BCUT2D eigenvalue weighted by Crippen LogP contribution is 2.34. The number of fused-ring (bicyclic) bond motifs is 1. The van der Waals surface area contributed by atoms with Gasteiger partial charge in [-0.3, -0.25) is 4.98 Å². The van der Waals surface area contributed by atoms with Gasteiger partial charge in [-0.05, 0) is 41.3 Å². The van der Waals surface area contributed by atoms with Crippen LogP contribution in [0, 0.1) is 6.92 Å². The van der Waals surface area contributed by atoms with Gasteiger partial charge in [-0.1, -0.05) is 54.1 Å². The molecule has 10 heteroatoms. The largest absolute Gasteiger partial charge is 0.433 e. The predicted octanol–water partition coefficient (Wildman–Crippen LogP) is 4.49. The van der Waals surface area contributed by atoms with Gasteiger partial charge in [0.2, 0.25) is 0 Å². The Hall–Kier alpha value is -4.31. The zero-order valence-electron chi connectivity index (χ0n) is 19.1. The molecule has 0 unspecified atom stereocenters. The lowest BCUT2D eigenvalue weighted by atomic mass is 9.95. The van der Waals surface area contributed by atoms with Crippen molar-refractivity contribution in [3.05, 3.63) is 106 Å². The number of nitrogens with zero attached hydrogens (tertiary/aromatic N) is 5. The fraction of sp³-hybridized carbons (Fsp3) is 0.154. The van der Waals surface area contributed by atoms with Crippen molar-refractivity contribution in [2.45, 2.75) is 26.3 Å². The normalized spacial score (nSPS) is 11.8. The Labute approximate surface area is 203 Å². The molecule has 0 amide bonds. The smallest absolute Gasteiger partial charge is 0.392 e. The van der Waals surface area contributed by atoms with Gasteiger partial charge in [-0.15, -0.1) is 5.10 Å². The van der Waals surface area contributed by atoms with Crippen molar-refractivity contribution >= 4 is 5.65 Å². The average Bonchev–Trinajstić information content (AvgIpc) is 3.18. The molecule has 36 heavy (non-hydrogen) atoms. The Bertz CT molecular complexity index is 1600. The third kappa shape index (κ3) is 4.38. The number of benzene rings is 2. The number of aliphatic hydroxyl groups is 1. The summed E-state index contributed by atoms with van der Waals surface area (Å²) in [6.07, 6.45) is -1.88. The van der Waals surface area contributed by atoms with Gasteiger partial charge in [0.1, 0.15) is 5.69 Å². The zero-order valence-corrected chi connectivity index (χ0v) is 19.1. The second kappa shape index (κ2) is 9.04. The van der Waals surface area contributed by atoms with E-state index in [1.54, 1.807) is 18.3 Å². The van der Waals surface area contributed by atoms with Crippen molar-refractivity contribution in [3.8, 4) is 22.3 Å². The van der Waals surface area contributed by atoms with Crippen LogP contribution in [-0.2, 0) is 19.3 Å². The van der Waals surface area contributed by atoms with E-state index in [2.05, 4.69) is 15.2 Å². The lowest BCUT2D eigenvalue weighted by Crippen LogP contribution is -2.23. The maximum Gasteiger partial charge on any atom is 0.433 e. The molecule has 5 aromatic rings. The molecule has 5 rings (SSSR count). The number of aromatic nitrogens is 5. The first kappa shape index (κ1) is 23.4. The molecule has 3 aromatic heterocycles. The van der Waals surface area contributed by atoms with Gasteiger partial charge < -0.3 is 5.11 Å². The minimum atomic E-state index is -4.55. The molecule has 2 aromatic carbocycles. The van der Waals surface area contributed by atoms with Crippen LogP contribution in [0.5, 0.6) is 0 Å². The number of aliphatic hydroxyl groups excluding tert-OH is 1. The second-order valence-electron chi connectivity index (χ2n) is 8.38. The molecule has 0 radical (unpaired) electrons. The highest BCUT2D eigenvalue weighted by atomic mass is 19.4. The summed E-state index contributed by atoms with van der Waals surface area (Å²) in [7, 11) is 0. The van der Waals surface area contributed by atoms with Crippen molar-refractivity contribution in [1.82, 2.24) is 24.4 Å². The van der Waals surface area contributed by atoms with Crippen molar-refractivity contribution in [1.29, 1.82) is 0 Å². The quantitative estimate of drug-likeness (QED) is 0.392. The summed E-state index contributed by atoms with van der Waals surface area (Å²) in [6.45, 7) is 1.74. The van der Waals surface area contributed by atoms with Crippen molar-refractivity contribution in [2.24, 2.45) is 0 Å². The Morgan fingerprint density at radius 1 is 0.944 bits per heavy atom. The highest BCUT2D eigenvalue weighted by molar-refractivity contribution is 5.91. The summed E-state index contributed by atoms with van der Waals surface area (Å²) >= 11 is 0. The third-order valence-corrected chi connectivity index (χ3v) is 5.82. The van der Waals surface area contributed by atoms with Gasteiger partial charge in [-0.25, -0.2) is 9.48 Å². The van der Waals surface area contributed by atoms with Crippen molar-refractivity contribution in [3.63, 3.8) is 0 Å². The van der Waals surface area contributed by atoms with Gasteiger partial charge in [0.25, 0.3) is 0 Å². The summed E-state index contributed by atoms with van der Waals surface area (Å²) in [6, 6.07) is 17.2. The lowest BCUT2D eigenvalue weighted by Gasteiger charge is -2.11. The molecular weight excluding hydrogens is 471 g/mol. The monoisotopic (exact) mass is 491 g/mol. The molecule has 0 atom stereocenters. The molecule has 0 aliphatic carbocycles. The molecule has 7 nitrogen and oxygen atoms in total. The third-order valence-electron chi connectivity index (χ3n) is 5.82. The highest BCUT2D eigenvalue weighted by Gasteiger charge is 2.32. The van der Waals surface area contributed by atoms with E-state index in [1.807, 2.05) is 43.3 Å². The zero-order chi connectivity index (χ0) is 25.4. The van der Waals surface area contributed by atoms with Crippen LogP contribution in [0.15, 0.2) is 77.9 Å². The molecule has 0 fully saturated rings. The number of aryl methyl sites for hydroxylation is 1. The van der Waals surface area contributed by atoms with Crippen LogP contribution in [-0.4, -0.2) is 29.5 Å². The van der Waals surface area contributed by atoms with Crippen LogP contribution in [0.3, 0.4) is 0 Å². The van der Waals surface area contributed by atoms with Gasteiger partial charge in [0.05, 0.1) is 19.3 Å². The predicted molar refractivity (Wildman–Crippen MR) is 127 cm³/mol. The molecule has 1 N–H and O–H groups in total. The summed E-state index contributed by atoms with van der Waals surface area (Å²) in [5, 5.41) is 18.5. The van der Waals surface area contributed by atoms with E-state index < -0.39 is 17.6 Å². The minimum Gasteiger partial charge on any atom is -0.392 e. The van der Waals surface area contributed by atoms with E-state index in [-0.39, 0.29) is 18.8 Å². The molecule has 0 saturated carbocycles. The number of hydrogen-bond acceptors (Lipinski definition) is 5. The Morgan fingerprint density at radius 2 is 1.72 bits per heavy atom. The van der Waals surface area contributed by atoms with Crippen molar-refractivity contribution in [2.75, 3.05) is 0 Å². The van der Waals surface area contributed by atoms with Crippen LogP contribution in [0.25, 0.3) is 27.9 Å². The first-order valence-electron chi connectivity index (χ1n) is 11.0. The van der Waals surface area contributed by atoms with Crippen molar-refractivity contribution < 1.29 is 18.3 Å². The van der Waals surface area contributed by atoms with E-state index in [9.17, 15) is 23.1 Å². The molecule has 0 saturated heterocycles. The summed E-state index contributed by atoms with van der Waals surface area (Å²) in [4.78, 5) is 16.6. The molecule has 0 bridgehead atoms. The Balaban J connectivity index is 1.67. The molecule has 0 aliphatic heterocycles. The van der Waals surface area contributed by atoms with Gasteiger partial charge in [-0.2, -0.15) is 22.8 Å². The van der Waals surface area contributed by atoms with Crippen LogP contribution in [0.2, 0.25) is 0 Å². The van der Waals surface area contributed by atoms with E-state index in [4.69, 9.17) is 0 Å². The number of rotatable bonds is 5. The fourth-order valence-electron chi connectivity index (χ4n) is 3.98. The Morgan fingerprint density at radius 3 is 2.39 bits per heavy atom. The number of pyridine rings is 1. The van der Waals surface area contributed by atoms with Crippen LogP contribution in [0.1, 0.15) is 22.4 Å². The lowest BCUT2D eigenvalue weighted by molar-refractivity contribution is -0.141. The van der Waals surface area contributed by atoms with Gasteiger partial charge in [0, 0.05) is 17.3 Å². The minimum absolute atomic E-state index is 0.0800. The maximum atomic E-state index is 13.1. The number of hydrogen-bond donors (Lipinski definition) is 1.